The summed E-state index contributed by atoms with van der Waals surface area (Å²) in [4.78, 5) is 18.4. The highest BCUT2D eigenvalue weighted by Crippen LogP contribution is 2.22. The molecule has 0 radical (unpaired) electrons. The molecule has 0 bridgehead atoms. The van der Waals surface area contributed by atoms with E-state index in [1.165, 1.54) is 0 Å². The van der Waals surface area contributed by atoms with Gasteiger partial charge < -0.3 is 14.6 Å². The molecule has 1 N–H and O–H groups in total. The number of carbonyl (C=O) groups excluding carboxylic acids is 1. The van der Waals surface area contributed by atoms with Crippen LogP contribution in [0.25, 0.3) is 5.69 Å². The van der Waals surface area contributed by atoms with Crippen molar-refractivity contribution in [1.29, 1.82) is 0 Å². The first-order valence-corrected chi connectivity index (χ1v) is 7.21. The number of hydrogen-bond acceptors (Lipinski definition) is 3. The van der Waals surface area contributed by atoms with Crippen LogP contribution in [0.4, 0.5) is 0 Å². The van der Waals surface area contributed by atoms with Gasteiger partial charge in [-0.15, -0.1) is 0 Å². The molecule has 21 heavy (non-hydrogen) atoms. The summed E-state index contributed by atoms with van der Waals surface area (Å²) in [5.74, 6) is 0.214. The summed E-state index contributed by atoms with van der Waals surface area (Å²) < 4.78 is 1.87. The van der Waals surface area contributed by atoms with Gasteiger partial charge in [0.2, 0.25) is 0 Å². The Labute approximate surface area is 123 Å². The van der Waals surface area contributed by atoms with Gasteiger partial charge in [-0.3, -0.25) is 4.79 Å². The molecular formula is C16H19N3O2. The molecule has 0 saturated carbocycles. The average molecular weight is 285 g/mol. The minimum atomic E-state index is -0.361. The van der Waals surface area contributed by atoms with Gasteiger partial charge in [0, 0.05) is 42.7 Å². The molecule has 0 spiro atoms. The highest BCUT2D eigenvalue weighted by Gasteiger charge is 2.29. The Morgan fingerprint density at radius 3 is 3.00 bits per heavy atom. The van der Waals surface area contributed by atoms with E-state index in [0.717, 1.165) is 12.1 Å². The number of likely N-dealkylation sites (tertiary alicyclic amines) is 1. The zero-order chi connectivity index (χ0) is 14.8. The smallest absolute Gasteiger partial charge is 0.253 e. The summed E-state index contributed by atoms with van der Waals surface area (Å²) in [6.07, 6.45) is 5.78. The summed E-state index contributed by atoms with van der Waals surface area (Å²) >= 11 is 0. The largest absolute Gasteiger partial charge is 0.393 e. The second-order valence-corrected chi connectivity index (χ2v) is 5.56. The quantitative estimate of drug-likeness (QED) is 0.934. The predicted octanol–water partition coefficient (Wildman–Crippen LogP) is 1.72. The lowest BCUT2D eigenvalue weighted by atomic mass is 10.0. The van der Waals surface area contributed by atoms with Gasteiger partial charge in [0.25, 0.3) is 5.91 Å². The first-order chi connectivity index (χ1) is 10.1. The molecule has 2 aromatic rings. The Kier molecular flexibility index (Phi) is 3.75. The lowest BCUT2D eigenvalue weighted by molar-refractivity contribution is 0.0762. The van der Waals surface area contributed by atoms with E-state index < -0.39 is 0 Å². The normalized spacial score (nSPS) is 19.7. The first kappa shape index (κ1) is 13.8. The van der Waals surface area contributed by atoms with E-state index in [4.69, 9.17) is 0 Å². The molecule has 1 aliphatic rings. The summed E-state index contributed by atoms with van der Waals surface area (Å²) in [5, 5.41) is 9.64. The van der Waals surface area contributed by atoms with Gasteiger partial charge in [-0.25, -0.2) is 4.98 Å². The van der Waals surface area contributed by atoms with Crippen molar-refractivity contribution in [2.45, 2.75) is 19.4 Å². The third kappa shape index (κ3) is 2.83. The Morgan fingerprint density at radius 1 is 1.48 bits per heavy atom. The summed E-state index contributed by atoms with van der Waals surface area (Å²) in [6.45, 7) is 3.13. The topological polar surface area (TPSA) is 58.4 Å². The van der Waals surface area contributed by atoms with Gasteiger partial charge in [-0.1, -0.05) is 6.07 Å². The molecule has 1 fully saturated rings. The van der Waals surface area contributed by atoms with E-state index >= 15 is 0 Å². The van der Waals surface area contributed by atoms with Crippen LogP contribution in [0, 0.1) is 5.92 Å². The van der Waals surface area contributed by atoms with Crippen molar-refractivity contribution >= 4 is 5.91 Å². The monoisotopic (exact) mass is 285 g/mol. The summed E-state index contributed by atoms with van der Waals surface area (Å²) in [7, 11) is 0. The van der Waals surface area contributed by atoms with Crippen LogP contribution >= 0.6 is 0 Å². The van der Waals surface area contributed by atoms with Crippen molar-refractivity contribution in [2.75, 3.05) is 13.1 Å². The number of nitrogens with zero attached hydrogens (tertiary/aromatic N) is 3. The maximum Gasteiger partial charge on any atom is 0.253 e. The van der Waals surface area contributed by atoms with Crippen LogP contribution < -0.4 is 0 Å². The second-order valence-electron chi connectivity index (χ2n) is 5.56. The standard InChI is InChI=1S/C16H19N3O2/c1-12(20)14-5-7-18(10-14)16(21)13-3-2-4-15(9-13)19-8-6-17-11-19/h2-4,6,8-9,11-12,14,20H,5,7,10H2,1H3. The molecule has 2 atom stereocenters. The van der Waals surface area contributed by atoms with Crippen molar-refractivity contribution in [3.8, 4) is 5.69 Å². The maximum atomic E-state index is 12.6. The molecule has 2 unspecified atom stereocenters. The molecule has 1 aliphatic heterocycles. The van der Waals surface area contributed by atoms with Crippen molar-refractivity contribution < 1.29 is 9.90 Å². The fraction of sp³-hybridized carbons (Fsp3) is 0.375. The fourth-order valence-electron chi connectivity index (χ4n) is 2.76. The van der Waals surface area contributed by atoms with E-state index in [2.05, 4.69) is 4.98 Å². The predicted molar refractivity (Wildman–Crippen MR) is 79.3 cm³/mol. The summed E-state index contributed by atoms with van der Waals surface area (Å²) in [5.41, 5.74) is 1.59. The molecular weight excluding hydrogens is 266 g/mol. The number of rotatable bonds is 3. The van der Waals surface area contributed by atoms with Crippen molar-refractivity contribution in [3.63, 3.8) is 0 Å². The third-order valence-electron chi connectivity index (χ3n) is 4.09. The second kappa shape index (κ2) is 5.69. The molecule has 1 saturated heterocycles. The molecule has 110 valence electrons. The van der Waals surface area contributed by atoms with Gasteiger partial charge in [0.1, 0.15) is 0 Å². The number of benzene rings is 1. The third-order valence-corrected chi connectivity index (χ3v) is 4.09. The number of amides is 1. The van der Waals surface area contributed by atoms with E-state index in [9.17, 15) is 9.90 Å². The van der Waals surface area contributed by atoms with Crippen molar-refractivity contribution in [1.82, 2.24) is 14.5 Å². The first-order valence-electron chi connectivity index (χ1n) is 7.21. The Bertz CT molecular complexity index is 622. The zero-order valence-electron chi connectivity index (χ0n) is 12.0. The van der Waals surface area contributed by atoms with Crippen molar-refractivity contribution in [3.05, 3.63) is 48.5 Å². The van der Waals surface area contributed by atoms with Gasteiger partial charge in [0.05, 0.1) is 12.4 Å². The molecule has 5 heteroatoms. The van der Waals surface area contributed by atoms with E-state index in [1.807, 2.05) is 39.9 Å². The SMILES string of the molecule is CC(O)C1CCN(C(=O)c2cccc(-n3ccnc3)c2)C1. The highest BCUT2D eigenvalue weighted by atomic mass is 16.3. The van der Waals surface area contributed by atoms with Gasteiger partial charge in [-0.2, -0.15) is 0 Å². The van der Waals surface area contributed by atoms with Gasteiger partial charge >= 0.3 is 0 Å². The van der Waals surface area contributed by atoms with Crippen LogP contribution in [-0.4, -0.2) is 44.7 Å². The van der Waals surface area contributed by atoms with Crippen LogP contribution in [0.5, 0.6) is 0 Å². The maximum absolute atomic E-state index is 12.6. The summed E-state index contributed by atoms with van der Waals surface area (Å²) in [6, 6.07) is 7.53. The Morgan fingerprint density at radius 2 is 2.33 bits per heavy atom. The molecule has 3 rings (SSSR count). The zero-order valence-corrected chi connectivity index (χ0v) is 12.0. The van der Waals surface area contributed by atoms with Crippen molar-refractivity contribution in [2.24, 2.45) is 5.92 Å². The van der Waals surface area contributed by atoms with E-state index in [-0.39, 0.29) is 17.9 Å². The minimum Gasteiger partial charge on any atom is -0.393 e. The Hall–Kier alpha value is -2.14. The lowest BCUT2D eigenvalue weighted by Crippen LogP contribution is -2.30. The molecule has 5 nitrogen and oxygen atoms in total. The van der Waals surface area contributed by atoms with Crippen LogP contribution in [0.15, 0.2) is 43.0 Å². The number of aromatic nitrogens is 2. The molecule has 1 amide bonds. The molecule has 1 aromatic carbocycles. The number of hydrogen-bond donors (Lipinski definition) is 1. The number of carbonyl (C=O) groups is 1. The molecule has 0 aliphatic carbocycles. The molecule has 2 heterocycles. The van der Waals surface area contributed by atoms with E-state index in [0.29, 0.717) is 18.7 Å². The Balaban J connectivity index is 1.78. The average Bonchev–Trinajstić information content (AvgIpc) is 3.18. The van der Waals surface area contributed by atoms with Gasteiger partial charge in [-0.05, 0) is 31.5 Å². The van der Waals surface area contributed by atoms with E-state index in [1.54, 1.807) is 19.4 Å². The minimum absolute atomic E-state index is 0.0279. The van der Waals surface area contributed by atoms with Crippen LogP contribution in [0.3, 0.4) is 0 Å². The van der Waals surface area contributed by atoms with Crippen LogP contribution in [0.2, 0.25) is 0 Å². The molecule has 1 aromatic heterocycles. The fourth-order valence-corrected chi connectivity index (χ4v) is 2.76. The van der Waals surface area contributed by atoms with Crippen LogP contribution in [0.1, 0.15) is 23.7 Å². The highest BCUT2D eigenvalue weighted by molar-refractivity contribution is 5.95. The van der Waals surface area contributed by atoms with Gasteiger partial charge in [0.15, 0.2) is 0 Å². The number of aliphatic hydroxyl groups excluding tert-OH is 1. The number of aliphatic hydroxyl groups is 1. The number of imidazole rings is 1. The lowest BCUT2D eigenvalue weighted by Gasteiger charge is -2.18. The van der Waals surface area contributed by atoms with Crippen LogP contribution in [-0.2, 0) is 0 Å².